The van der Waals surface area contributed by atoms with E-state index in [1.807, 2.05) is 0 Å². The standard InChI is InChI=1S/C11H17N3O5S2/c1-12-11-9(14(15)16)6-10(20-11)21(17,18)13-7-8-2-4-19-5-3-8/h6,8,12-13H,2-5,7H2,1H3. The lowest BCUT2D eigenvalue weighted by Gasteiger charge is -2.21. The van der Waals surface area contributed by atoms with Gasteiger partial charge in [0.2, 0.25) is 10.0 Å². The SMILES string of the molecule is CNc1sc(S(=O)(=O)NCC2CCOCC2)cc1[N+](=O)[O-]. The first-order valence-corrected chi connectivity index (χ1v) is 8.77. The molecular formula is C11H17N3O5S2. The summed E-state index contributed by atoms with van der Waals surface area (Å²) in [6.45, 7) is 1.60. The molecule has 0 bridgehead atoms. The van der Waals surface area contributed by atoms with Crippen LogP contribution in [0.5, 0.6) is 0 Å². The molecule has 1 aliphatic rings. The van der Waals surface area contributed by atoms with Gasteiger partial charge in [-0.25, -0.2) is 13.1 Å². The summed E-state index contributed by atoms with van der Waals surface area (Å²) in [5.74, 6) is 0.243. The molecule has 1 aromatic heterocycles. The fourth-order valence-electron chi connectivity index (χ4n) is 2.06. The van der Waals surface area contributed by atoms with Crippen LogP contribution in [-0.4, -0.2) is 40.1 Å². The lowest BCUT2D eigenvalue weighted by Crippen LogP contribution is -2.31. The number of thiophene rings is 1. The second-order valence-electron chi connectivity index (χ2n) is 4.69. The van der Waals surface area contributed by atoms with E-state index in [-0.39, 0.29) is 20.8 Å². The third-order valence-corrected chi connectivity index (χ3v) is 6.32. The van der Waals surface area contributed by atoms with Crippen molar-refractivity contribution in [2.45, 2.75) is 17.1 Å². The Balaban J connectivity index is 2.09. The van der Waals surface area contributed by atoms with Gasteiger partial charge in [-0.05, 0) is 18.8 Å². The summed E-state index contributed by atoms with van der Waals surface area (Å²) in [6.07, 6.45) is 1.63. The fourth-order valence-corrected chi connectivity index (χ4v) is 4.50. The van der Waals surface area contributed by atoms with Gasteiger partial charge in [-0.1, -0.05) is 11.3 Å². The van der Waals surface area contributed by atoms with Crippen molar-refractivity contribution in [3.8, 4) is 0 Å². The van der Waals surface area contributed by atoms with Crippen LogP contribution < -0.4 is 10.0 Å². The van der Waals surface area contributed by atoms with Gasteiger partial charge in [-0.15, -0.1) is 0 Å². The molecular weight excluding hydrogens is 318 g/mol. The molecule has 10 heteroatoms. The molecule has 2 N–H and O–H groups in total. The Hall–Kier alpha value is -1.23. The van der Waals surface area contributed by atoms with E-state index in [9.17, 15) is 18.5 Å². The third-order valence-electron chi connectivity index (χ3n) is 3.28. The van der Waals surface area contributed by atoms with Crippen LogP contribution in [0, 0.1) is 16.0 Å². The van der Waals surface area contributed by atoms with Crippen LogP contribution in [0.15, 0.2) is 10.3 Å². The van der Waals surface area contributed by atoms with Crippen molar-refractivity contribution in [2.75, 3.05) is 32.1 Å². The van der Waals surface area contributed by atoms with Crippen LogP contribution in [0.4, 0.5) is 10.7 Å². The van der Waals surface area contributed by atoms with Crippen LogP contribution >= 0.6 is 11.3 Å². The minimum atomic E-state index is -3.72. The third kappa shape index (κ3) is 3.90. The monoisotopic (exact) mass is 335 g/mol. The summed E-state index contributed by atoms with van der Waals surface area (Å²) in [7, 11) is -2.20. The van der Waals surface area contributed by atoms with Gasteiger partial charge in [0.1, 0.15) is 4.21 Å². The maximum atomic E-state index is 12.2. The van der Waals surface area contributed by atoms with E-state index >= 15 is 0 Å². The molecule has 1 fully saturated rings. The van der Waals surface area contributed by atoms with Crippen LogP contribution in [0.1, 0.15) is 12.8 Å². The highest BCUT2D eigenvalue weighted by Gasteiger charge is 2.26. The first kappa shape index (κ1) is 16.1. The zero-order chi connectivity index (χ0) is 15.5. The molecule has 0 radical (unpaired) electrons. The van der Waals surface area contributed by atoms with Gasteiger partial charge in [0, 0.05) is 32.9 Å². The Bertz CT molecular complexity index is 607. The molecule has 1 aromatic rings. The minimum Gasteiger partial charge on any atom is -0.381 e. The van der Waals surface area contributed by atoms with E-state index in [4.69, 9.17) is 4.74 Å². The van der Waals surface area contributed by atoms with Gasteiger partial charge < -0.3 is 10.1 Å². The summed E-state index contributed by atoms with van der Waals surface area (Å²) in [5.41, 5.74) is -0.228. The van der Waals surface area contributed by atoms with Crippen molar-refractivity contribution in [3.63, 3.8) is 0 Å². The molecule has 0 atom stereocenters. The van der Waals surface area contributed by atoms with E-state index in [0.29, 0.717) is 19.8 Å². The first-order valence-electron chi connectivity index (χ1n) is 6.47. The van der Waals surface area contributed by atoms with Gasteiger partial charge in [-0.2, -0.15) is 0 Å². The summed E-state index contributed by atoms with van der Waals surface area (Å²) in [4.78, 5) is 10.3. The summed E-state index contributed by atoms with van der Waals surface area (Å²) >= 11 is 0.853. The Morgan fingerprint density at radius 3 is 2.67 bits per heavy atom. The predicted molar refractivity (Wildman–Crippen MR) is 79.3 cm³/mol. The quantitative estimate of drug-likeness (QED) is 0.600. The largest absolute Gasteiger partial charge is 0.381 e. The molecule has 2 rings (SSSR count). The molecule has 0 saturated carbocycles. The van der Waals surface area contributed by atoms with Crippen molar-refractivity contribution in [1.29, 1.82) is 0 Å². The molecule has 0 aromatic carbocycles. The highest BCUT2D eigenvalue weighted by atomic mass is 32.2. The molecule has 8 nitrogen and oxygen atoms in total. The minimum absolute atomic E-state index is 0.0504. The molecule has 118 valence electrons. The fraction of sp³-hybridized carbons (Fsp3) is 0.636. The van der Waals surface area contributed by atoms with Crippen LogP contribution in [0.3, 0.4) is 0 Å². The second-order valence-corrected chi connectivity index (χ2v) is 7.74. The molecule has 1 aliphatic heterocycles. The molecule has 1 saturated heterocycles. The summed E-state index contributed by atoms with van der Waals surface area (Å²) in [5, 5.41) is 13.7. The molecule has 21 heavy (non-hydrogen) atoms. The Kier molecular flexibility index (Phi) is 5.14. The maximum absolute atomic E-state index is 12.2. The van der Waals surface area contributed by atoms with Gasteiger partial charge in [0.15, 0.2) is 5.00 Å². The molecule has 0 amide bonds. The number of hydrogen-bond acceptors (Lipinski definition) is 7. The molecule has 0 unspecified atom stereocenters. The molecule has 2 heterocycles. The molecule has 0 aliphatic carbocycles. The number of nitrogens with one attached hydrogen (secondary N) is 2. The second kappa shape index (κ2) is 6.69. The van der Waals surface area contributed by atoms with Crippen molar-refractivity contribution < 1.29 is 18.1 Å². The number of sulfonamides is 1. The lowest BCUT2D eigenvalue weighted by molar-refractivity contribution is -0.383. The Morgan fingerprint density at radius 1 is 1.48 bits per heavy atom. The zero-order valence-corrected chi connectivity index (χ0v) is 13.1. The van der Waals surface area contributed by atoms with Crippen molar-refractivity contribution in [2.24, 2.45) is 5.92 Å². The average Bonchev–Trinajstić information content (AvgIpc) is 2.92. The lowest BCUT2D eigenvalue weighted by atomic mass is 10.0. The number of ether oxygens (including phenoxy) is 1. The predicted octanol–water partition coefficient (Wildman–Crippen LogP) is 1.40. The topological polar surface area (TPSA) is 111 Å². The van der Waals surface area contributed by atoms with E-state index in [2.05, 4.69) is 10.0 Å². The van der Waals surface area contributed by atoms with Gasteiger partial charge >= 0.3 is 5.69 Å². The van der Waals surface area contributed by atoms with Gasteiger partial charge in [-0.3, -0.25) is 10.1 Å². The van der Waals surface area contributed by atoms with Crippen molar-refractivity contribution in [3.05, 3.63) is 16.2 Å². The normalized spacial score (nSPS) is 16.8. The van der Waals surface area contributed by atoms with Gasteiger partial charge in [0.05, 0.1) is 4.92 Å². The van der Waals surface area contributed by atoms with E-state index in [1.165, 1.54) is 7.05 Å². The van der Waals surface area contributed by atoms with E-state index in [0.717, 1.165) is 30.2 Å². The first-order chi connectivity index (χ1) is 9.94. The van der Waals surface area contributed by atoms with Gasteiger partial charge in [0.25, 0.3) is 0 Å². The van der Waals surface area contributed by atoms with Crippen LogP contribution in [-0.2, 0) is 14.8 Å². The maximum Gasteiger partial charge on any atom is 0.304 e. The Morgan fingerprint density at radius 2 is 2.14 bits per heavy atom. The van der Waals surface area contributed by atoms with E-state index in [1.54, 1.807) is 0 Å². The van der Waals surface area contributed by atoms with Crippen molar-refractivity contribution in [1.82, 2.24) is 4.72 Å². The number of rotatable bonds is 6. The summed E-state index contributed by atoms with van der Waals surface area (Å²) < 4.78 is 32.1. The zero-order valence-electron chi connectivity index (χ0n) is 11.5. The number of hydrogen-bond donors (Lipinski definition) is 2. The smallest absolute Gasteiger partial charge is 0.304 e. The highest BCUT2D eigenvalue weighted by molar-refractivity contribution is 7.91. The van der Waals surface area contributed by atoms with Crippen LogP contribution in [0.2, 0.25) is 0 Å². The highest BCUT2D eigenvalue weighted by Crippen LogP contribution is 2.36. The average molecular weight is 335 g/mol. The number of nitro groups is 1. The van der Waals surface area contributed by atoms with Crippen molar-refractivity contribution >= 4 is 32.0 Å². The molecule has 0 spiro atoms. The Labute approximate surface area is 126 Å². The summed E-state index contributed by atoms with van der Waals surface area (Å²) in [6, 6.07) is 1.09. The van der Waals surface area contributed by atoms with Crippen LogP contribution in [0.25, 0.3) is 0 Å². The number of anilines is 1. The van der Waals surface area contributed by atoms with E-state index < -0.39 is 14.9 Å². The number of nitrogens with zero attached hydrogens (tertiary/aromatic N) is 1.